The number of aromatic nitrogens is 2. The minimum Gasteiger partial charge on any atom is -0.298 e. The van der Waals surface area contributed by atoms with E-state index in [2.05, 4.69) is 11.1 Å². The first-order valence-electron chi connectivity index (χ1n) is 6.11. The molecule has 6 heteroatoms. The standard InChI is InChI=1S/C14H11N3OS2/c1-9-11(10-4-2-7-19-10)12-13(20-9)16-8-17(14(12)18)6-3-5-15/h2,4,7-8H,3,6H2,1H3. The highest BCUT2D eigenvalue weighted by Crippen LogP contribution is 2.37. The van der Waals surface area contributed by atoms with E-state index >= 15 is 0 Å². The first-order chi connectivity index (χ1) is 9.72. The fraction of sp³-hybridized carbons (Fsp3) is 0.214. The number of thiophene rings is 2. The van der Waals surface area contributed by atoms with Crippen molar-refractivity contribution in [2.24, 2.45) is 0 Å². The predicted octanol–water partition coefficient (Wildman–Crippen LogP) is 3.41. The summed E-state index contributed by atoms with van der Waals surface area (Å²) in [5, 5.41) is 11.3. The lowest BCUT2D eigenvalue weighted by molar-refractivity contribution is 0.679. The van der Waals surface area contributed by atoms with Gasteiger partial charge in [-0.15, -0.1) is 22.7 Å². The molecular formula is C14H11N3OS2. The molecule has 0 fully saturated rings. The summed E-state index contributed by atoms with van der Waals surface area (Å²) in [5.74, 6) is 0. The van der Waals surface area contributed by atoms with Gasteiger partial charge in [-0.3, -0.25) is 9.36 Å². The summed E-state index contributed by atoms with van der Waals surface area (Å²) in [4.78, 5) is 19.9. The maximum atomic E-state index is 12.6. The van der Waals surface area contributed by atoms with E-state index in [1.807, 2.05) is 24.4 Å². The molecule has 0 saturated carbocycles. The molecular weight excluding hydrogens is 290 g/mol. The Labute approximate surface area is 123 Å². The van der Waals surface area contributed by atoms with Gasteiger partial charge in [0.1, 0.15) is 4.83 Å². The van der Waals surface area contributed by atoms with Crippen LogP contribution in [0, 0.1) is 18.3 Å². The molecule has 0 bridgehead atoms. The number of rotatable bonds is 3. The fourth-order valence-corrected chi connectivity index (χ4v) is 4.08. The first kappa shape index (κ1) is 13.0. The summed E-state index contributed by atoms with van der Waals surface area (Å²) < 4.78 is 1.52. The lowest BCUT2D eigenvalue weighted by atomic mass is 10.1. The maximum Gasteiger partial charge on any atom is 0.262 e. The Balaban J connectivity index is 2.28. The Bertz CT molecular complexity index is 853. The minimum atomic E-state index is -0.0574. The lowest BCUT2D eigenvalue weighted by Gasteiger charge is -2.03. The molecule has 0 atom stereocenters. The molecule has 0 amide bonds. The third kappa shape index (κ3) is 2.05. The zero-order valence-corrected chi connectivity index (χ0v) is 12.4. The van der Waals surface area contributed by atoms with Gasteiger partial charge >= 0.3 is 0 Å². The Morgan fingerprint density at radius 1 is 1.50 bits per heavy atom. The maximum absolute atomic E-state index is 12.6. The van der Waals surface area contributed by atoms with Gasteiger partial charge in [-0.2, -0.15) is 5.26 Å². The lowest BCUT2D eigenvalue weighted by Crippen LogP contribution is -2.20. The molecule has 3 aromatic rings. The van der Waals surface area contributed by atoms with Gasteiger partial charge in [-0.1, -0.05) is 6.07 Å². The Morgan fingerprint density at radius 3 is 3.05 bits per heavy atom. The summed E-state index contributed by atoms with van der Waals surface area (Å²) in [6.07, 6.45) is 1.85. The zero-order valence-electron chi connectivity index (χ0n) is 10.8. The molecule has 0 unspecified atom stereocenters. The van der Waals surface area contributed by atoms with Gasteiger partial charge in [0, 0.05) is 21.9 Å². The number of fused-ring (bicyclic) bond motifs is 1. The number of nitrogens with zero attached hydrogens (tertiary/aromatic N) is 3. The van der Waals surface area contributed by atoms with Crippen molar-refractivity contribution >= 4 is 32.9 Å². The molecule has 3 rings (SSSR count). The SMILES string of the molecule is Cc1sc2ncn(CCC#N)c(=O)c2c1-c1cccs1. The van der Waals surface area contributed by atoms with Crippen molar-refractivity contribution in [3.8, 4) is 16.5 Å². The summed E-state index contributed by atoms with van der Waals surface area (Å²) >= 11 is 3.16. The average Bonchev–Trinajstić information content (AvgIpc) is 3.04. The molecule has 3 aromatic heterocycles. The van der Waals surface area contributed by atoms with E-state index in [0.29, 0.717) is 18.4 Å². The van der Waals surface area contributed by atoms with Crippen LogP contribution < -0.4 is 5.56 Å². The summed E-state index contributed by atoms with van der Waals surface area (Å²) in [6.45, 7) is 2.40. The summed E-state index contributed by atoms with van der Waals surface area (Å²) in [5.41, 5.74) is 0.932. The minimum absolute atomic E-state index is 0.0574. The van der Waals surface area contributed by atoms with Gasteiger partial charge in [0.25, 0.3) is 5.56 Å². The van der Waals surface area contributed by atoms with Crippen LogP contribution in [0.5, 0.6) is 0 Å². The third-order valence-electron chi connectivity index (χ3n) is 3.09. The third-order valence-corrected chi connectivity index (χ3v) is 4.99. The quantitative estimate of drug-likeness (QED) is 0.745. The second-order valence-corrected chi connectivity index (χ2v) is 6.49. The molecule has 0 N–H and O–H groups in total. The summed E-state index contributed by atoms with van der Waals surface area (Å²) in [7, 11) is 0. The van der Waals surface area contributed by atoms with E-state index in [1.54, 1.807) is 22.7 Å². The van der Waals surface area contributed by atoms with Gasteiger partial charge in [0.2, 0.25) is 0 Å². The topological polar surface area (TPSA) is 58.7 Å². The van der Waals surface area contributed by atoms with Gasteiger partial charge in [0.05, 0.1) is 24.2 Å². The van der Waals surface area contributed by atoms with Gasteiger partial charge in [-0.25, -0.2) is 4.98 Å². The van der Waals surface area contributed by atoms with Crippen LogP contribution in [0.15, 0.2) is 28.6 Å². The first-order valence-corrected chi connectivity index (χ1v) is 7.81. The second kappa shape index (κ2) is 5.19. The highest BCUT2D eigenvalue weighted by atomic mass is 32.1. The van der Waals surface area contributed by atoms with Crippen molar-refractivity contribution < 1.29 is 0 Å². The number of hydrogen-bond acceptors (Lipinski definition) is 5. The van der Waals surface area contributed by atoms with Crippen LogP contribution in [0.2, 0.25) is 0 Å². The molecule has 3 heterocycles. The van der Waals surface area contributed by atoms with Crippen molar-refractivity contribution in [3.05, 3.63) is 39.1 Å². The van der Waals surface area contributed by atoms with Crippen LogP contribution in [0.4, 0.5) is 0 Å². The van der Waals surface area contributed by atoms with Crippen LogP contribution in [-0.2, 0) is 6.54 Å². The van der Waals surface area contributed by atoms with E-state index in [0.717, 1.165) is 20.1 Å². The van der Waals surface area contributed by atoms with Crippen LogP contribution in [0.1, 0.15) is 11.3 Å². The average molecular weight is 301 g/mol. The van der Waals surface area contributed by atoms with Crippen LogP contribution >= 0.6 is 22.7 Å². The van der Waals surface area contributed by atoms with E-state index in [-0.39, 0.29) is 5.56 Å². The van der Waals surface area contributed by atoms with E-state index in [1.165, 1.54) is 10.9 Å². The van der Waals surface area contributed by atoms with Crippen LogP contribution in [0.3, 0.4) is 0 Å². The number of nitriles is 1. The summed E-state index contributed by atoms with van der Waals surface area (Å²) in [6, 6.07) is 6.05. The van der Waals surface area contributed by atoms with Crippen molar-refractivity contribution in [2.75, 3.05) is 0 Å². The number of hydrogen-bond donors (Lipinski definition) is 0. The van der Waals surface area contributed by atoms with Gasteiger partial charge in [-0.05, 0) is 18.4 Å². The van der Waals surface area contributed by atoms with Gasteiger partial charge < -0.3 is 0 Å². The molecule has 100 valence electrons. The normalized spacial score (nSPS) is 10.8. The second-order valence-electron chi connectivity index (χ2n) is 4.34. The highest BCUT2D eigenvalue weighted by Gasteiger charge is 2.17. The van der Waals surface area contributed by atoms with E-state index < -0.39 is 0 Å². The van der Waals surface area contributed by atoms with E-state index in [9.17, 15) is 4.79 Å². The molecule has 0 aliphatic heterocycles. The largest absolute Gasteiger partial charge is 0.298 e. The monoisotopic (exact) mass is 301 g/mol. The Hall–Kier alpha value is -1.97. The zero-order chi connectivity index (χ0) is 14.1. The fourth-order valence-electron chi connectivity index (χ4n) is 2.18. The molecule has 20 heavy (non-hydrogen) atoms. The van der Waals surface area contributed by atoms with Crippen LogP contribution in [0.25, 0.3) is 20.7 Å². The Kier molecular flexibility index (Phi) is 3.38. The molecule has 0 aliphatic rings. The Morgan fingerprint density at radius 2 is 2.35 bits per heavy atom. The molecule has 0 radical (unpaired) electrons. The highest BCUT2D eigenvalue weighted by molar-refractivity contribution is 7.20. The van der Waals surface area contributed by atoms with E-state index in [4.69, 9.17) is 5.26 Å². The smallest absolute Gasteiger partial charge is 0.262 e. The molecule has 4 nitrogen and oxygen atoms in total. The molecule has 0 aliphatic carbocycles. The number of aryl methyl sites for hydroxylation is 2. The predicted molar refractivity (Wildman–Crippen MR) is 82.2 cm³/mol. The molecule has 0 saturated heterocycles. The van der Waals surface area contributed by atoms with Crippen molar-refractivity contribution in [2.45, 2.75) is 19.9 Å². The van der Waals surface area contributed by atoms with Crippen LogP contribution in [-0.4, -0.2) is 9.55 Å². The van der Waals surface area contributed by atoms with Crippen molar-refractivity contribution in [1.29, 1.82) is 5.26 Å². The van der Waals surface area contributed by atoms with Gasteiger partial charge in [0.15, 0.2) is 0 Å². The molecule has 0 spiro atoms. The van der Waals surface area contributed by atoms with Crippen molar-refractivity contribution in [3.63, 3.8) is 0 Å². The van der Waals surface area contributed by atoms with Crippen molar-refractivity contribution in [1.82, 2.24) is 9.55 Å². The molecule has 0 aromatic carbocycles.